The number of aromatic hydroxyl groups is 1. The zero-order chi connectivity index (χ0) is 19.4. The molecule has 2 aromatic heterocycles. The second-order valence-electron chi connectivity index (χ2n) is 6.09. The molecule has 0 radical (unpaired) electrons. The number of rotatable bonds is 9. The lowest BCUT2D eigenvalue weighted by atomic mass is 10.0. The molecular weight excluding hydrogens is 371 g/mol. The summed E-state index contributed by atoms with van der Waals surface area (Å²) in [5.41, 5.74) is 0.473. The van der Waals surface area contributed by atoms with Gasteiger partial charge in [-0.2, -0.15) is 4.52 Å². The van der Waals surface area contributed by atoms with E-state index in [0.29, 0.717) is 47.5 Å². The molecule has 0 saturated carbocycles. The van der Waals surface area contributed by atoms with E-state index in [-0.39, 0.29) is 11.7 Å². The molecule has 27 heavy (non-hydrogen) atoms. The first-order chi connectivity index (χ1) is 13.1. The van der Waals surface area contributed by atoms with Crippen molar-refractivity contribution in [1.82, 2.24) is 19.5 Å². The maximum atomic E-state index is 14.7. The molecule has 0 spiro atoms. The fourth-order valence-corrected chi connectivity index (χ4v) is 4.17. The first kappa shape index (κ1) is 19.7. The van der Waals surface area contributed by atoms with Gasteiger partial charge < -0.3 is 14.6 Å². The number of thiazole rings is 1. The predicted molar refractivity (Wildman–Crippen MR) is 101 cm³/mol. The first-order valence-corrected chi connectivity index (χ1v) is 9.39. The molecule has 0 amide bonds. The van der Waals surface area contributed by atoms with E-state index in [0.717, 1.165) is 0 Å². The van der Waals surface area contributed by atoms with Crippen LogP contribution in [0.5, 0.6) is 5.88 Å². The Balaban J connectivity index is 2.11. The quantitative estimate of drug-likeness (QED) is 0.602. The third-order valence-corrected chi connectivity index (χ3v) is 5.36. The van der Waals surface area contributed by atoms with Crippen molar-refractivity contribution in [2.24, 2.45) is 0 Å². The molecule has 0 bridgehead atoms. The number of aromatic nitrogens is 3. The Hall–Kier alpha value is -2.07. The van der Waals surface area contributed by atoms with Crippen molar-refractivity contribution >= 4 is 16.3 Å². The van der Waals surface area contributed by atoms with Gasteiger partial charge in [0.25, 0.3) is 0 Å². The van der Waals surface area contributed by atoms with Gasteiger partial charge in [-0.3, -0.25) is 4.90 Å². The molecule has 1 atom stereocenters. The van der Waals surface area contributed by atoms with Crippen LogP contribution in [0.25, 0.3) is 4.96 Å². The second kappa shape index (κ2) is 8.75. The van der Waals surface area contributed by atoms with Crippen LogP contribution in [-0.4, -0.2) is 65.1 Å². The van der Waals surface area contributed by atoms with E-state index in [1.54, 1.807) is 39.3 Å². The van der Waals surface area contributed by atoms with E-state index in [1.807, 2.05) is 4.90 Å². The number of methoxy groups -OCH3 is 2. The molecule has 2 heterocycles. The summed E-state index contributed by atoms with van der Waals surface area (Å²) in [5.74, 6) is 0.210. The van der Waals surface area contributed by atoms with Gasteiger partial charge in [0.05, 0.1) is 24.1 Å². The van der Waals surface area contributed by atoms with Gasteiger partial charge in [0.2, 0.25) is 10.8 Å². The van der Waals surface area contributed by atoms with Crippen molar-refractivity contribution in [3.8, 4) is 5.88 Å². The minimum absolute atomic E-state index is 0.0244. The van der Waals surface area contributed by atoms with Crippen LogP contribution in [0.4, 0.5) is 4.39 Å². The van der Waals surface area contributed by atoms with Crippen LogP contribution < -0.4 is 0 Å². The number of halogens is 1. The summed E-state index contributed by atoms with van der Waals surface area (Å²) in [6.45, 7) is 3.79. The zero-order valence-electron chi connectivity index (χ0n) is 15.6. The largest absolute Gasteiger partial charge is 0.492 e. The molecule has 3 aromatic rings. The lowest BCUT2D eigenvalue weighted by molar-refractivity contribution is 0.0964. The Morgan fingerprint density at radius 1 is 1.22 bits per heavy atom. The smallest absolute Gasteiger partial charge is 0.230 e. The van der Waals surface area contributed by atoms with E-state index in [4.69, 9.17) is 9.47 Å². The summed E-state index contributed by atoms with van der Waals surface area (Å²) >= 11 is 1.30. The second-order valence-corrected chi connectivity index (χ2v) is 7.10. The SMILES string of the molecule is COCCN(CCOC)C(c1ccccc1F)c1sc2nc(C)nn2c1O. The zero-order valence-corrected chi connectivity index (χ0v) is 16.4. The number of fused-ring (bicyclic) bond motifs is 1. The van der Waals surface area contributed by atoms with E-state index < -0.39 is 6.04 Å². The average Bonchev–Trinajstić information content (AvgIpc) is 3.16. The molecule has 0 aliphatic rings. The van der Waals surface area contributed by atoms with Crippen LogP contribution >= 0.6 is 11.3 Å². The Bertz CT molecular complexity index is 890. The standard InChI is InChI=1S/C18H23FN4O3S/c1-12-20-18-23(21-12)17(24)16(27-18)15(13-6-4-5-7-14(13)19)22(8-10-25-2)9-11-26-3/h4-7,15,24H,8-11H2,1-3H3. The molecule has 0 aliphatic carbocycles. The van der Waals surface area contributed by atoms with E-state index in [2.05, 4.69) is 10.1 Å². The fourth-order valence-electron chi connectivity index (χ4n) is 3.01. The first-order valence-electron chi connectivity index (χ1n) is 8.58. The Morgan fingerprint density at radius 3 is 2.48 bits per heavy atom. The molecular formula is C18H23FN4O3S. The van der Waals surface area contributed by atoms with Gasteiger partial charge >= 0.3 is 0 Å². The molecule has 1 N–H and O–H groups in total. The van der Waals surface area contributed by atoms with Crippen LogP contribution in [-0.2, 0) is 9.47 Å². The van der Waals surface area contributed by atoms with Crippen LogP contribution in [0.1, 0.15) is 22.3 Å². The number of hydrogen-bond donors (Lipinski definition) is 1. The van der Waals surface area contributed by atoms with Crippen LogP contribution in [0.2, 0.25) is 0 Å². The van der Waals surface area contributed by atoms with Gasteiger partial charge in [-0.15, -0.1) is 5.10 Å². The van der Waals surface area contributed by atoms with Gasteiger partial charge in [-0.05, 0) is 13.0 Å². The third kappa shape index (κ3) is 4.11. The maximum absolute atomic E-state index is 14.7. The summed E-state index contributed by atoms with van der Waals surface area (Å²) in [6.07, 6.45) is 0. The normalized spacial score (nSPS) is 12.9. The number of nitrogens with zero attached hydrogens (tertiary/aromatic N) is 4. The van der Waals surface area contributed by atoms with Crippen molar-refractivity contribution in [3.05, 3.63) is 46.3 Å². The van der Waals surface area contributed by atoms with Crippen molar-refractivity contribution < 1.29 is 19.0 Å². The molecule has 0 saturated heterocycles. The van der Waals surface area contributed by atoms with Crippen molar-refractivity contribution in [3.63, 3.8) is 0 Å². The fraction of sp³-hybridized carbons (Fsp3) is 0.444. The summed E-state index contributed by atoms with van der Waals surface area (Å²) < 4.78 is 26.6. The number of benzene rings is 1. The summed E-state index contributed by atoms with van der Waals surface area (Å²) in [4.78, 5) is 7.51. The maximum Gasteiger partial charge on any atom is 0.230 e. The van der Waals surface area contributed by atoms with Gasteiger partial charge in [0.1, 0.15) is 11.6 Å². The van der Waals surface area contributed by atoms with Crippen molar-refractivity contribution in [1.29, 1.82) is 0 Å². The third-order valence-electron chi connectivity index (χ3n) is 4.28. The Kier molecular flexibility index (Phi) is 6.38. The van der Waals surface area contributed by atoms with Gasteiger partial charge in [0.15, 0.2) is 0 Å². The molecule has 7 nitrogen and oxygen atoms in total. The minimum atomic E-state index is -0.509. The molecule has 0 fully saturated rings. The number of aryl methyl sites for hydroxylation is 1. The highest BCUT2D eigenvalue weighted by molar-refractivity contribution is 7.17. The Morgan fingerprint density at radius 2 is 1.89 bits per heavy atom. The topological polar surface area (TPSA) is 72.1 Å². The van der Waals surface area contributed by atoms with E-state index in [9.17, 15) is 9.50 Å². The van der Waals surface area contributed by atoms with Gasteiger partial charge in [0, 0.05) is 32.9 Å². The summed E-state index contributed by atoms with van der Waals surface area (Å²) in [5, 5.41) is 15.0. The number of hydrogen-bond acceptors (Lipinski definition) is 7. The molecule has 146 valence electrons. The summed E-state index contributed by atoms with van der Waals surface area (Å²) in [6, 6.07) is 6.08. The minimum Gasteiger partial charge on any atom is -0.492 e. The predicted octanol–water partition coefficient (Wildman–Crippen LogP) is 2.63. The van der Waals surface area contributed by atoms with Crippen LogP contribution in [0.3, 0.4) is 0 Å². The highest BCUT2D eigenvalue weighted by Gasteiger charge is 2.31. The number of ether oxygens (including phenoxy) is 2. The Labute approximate surface area is 161 Å². The van der Waals surface area contributed by atoms with Crippen molar-refractivity contribution in [2.75, 3.05) is 40.5 Å². The van der Waals surface area contributed by atoms with Crippen LogP contribution in [0, 0.1) is 12.7 Å². The molecule has 9 heteroatoms. The lowest BCUT2D eigenvalue weighted by Crippen LogP contribution is -2.35. The van der Waals surface area contributed by atoms with Gasteiger partial charge in [-0.25, -0.2) is 9.37 Å². The molecule has 3 rings (SSSR count). The van der Waals surface area contributed by atoms with E-state index >= 15 is 0 Å². The lowest BCUT2D eigenvalue weighted by Gasteiger charge is -2.31. The van der Waals surface area contributed by atoms with Crippen molar-refractivity contribution in [2.45, 2.75) is 13.0 Å². The highest BCUT2D eigenvalue weighted by atomic mass is 32.1. The molecule has 1 unspecified atom stereocenters. The average molecular weight is 394 g/mol. The highest BCUT2D eigenvalue weighted by Crippen LogP contribution is 2.40. The molecule has 1 aromatic carbocycles. The molecule has 0 aliphatic heterocycles. The monoisotopic (exact) mass is 394 g/mol. The van der Waals surface area contributed by atoms with E-state index in [1.165, 1.54) is 21.9 Å². The van der Waals surface area contributed by atoms with Gasteiger partial charge in [-0.1, -0.05) is 29.5 Å². The van der Waals surface area contributed by atoms with Crippen LogP contribution in [0.15, 0.2) is 24.3 Å². The summed E-state index contributed by atoms with van der Waals surface area (Å²) in [7, 11) is 3.24.